The molecule has 0 radical (unpaired) electrons. The minimum Gasteiger partial charge on any atom is -0.365 e. The number of aromatic nitrogens is 4. The zero-order valence-electron chi connectivity index (χ0n) is 16.3. The van der Waals surface area contributed by atoms with Gasteiger partial charge in [0.2, 0.25) is 5.91 Å². The maximum Gasteiger partial charge on any atom is 0.220 e. The molecule has 0 bridgehead atoms. The highest BCUT2D eigenvalue weighted by Gasteiger charge is 2.27. The Hall–Kier alpha value is -2.96. The predicted molar refractivity (Wildman–Crippen MR) is 110 cm³/mol. The lowest BCUT2D eigenvalue weighted by Crippen LogP contribution is -2.48. The molecule has 4 rings (SSSR count). The van der Waals surface area contributed by atoms with Gasteiger partial charge in [-0.15, -0.1) is 0 Å². The number of carbonyl (C=O) groups excluding carboxylic acids is 1. The summed E-state index contributed by atoms with van der Waals surface area (Å²) in [5.74, 6) is 1.59. The maximum absolute atomic E-state index is 11.9. The summed E-state index contributed by atoms with van der Waals surface area (Å²) in [5, 5.41) is 7.76. The van der Waals surface area contributed by atoms with Crippen LogP contribution < -0.4 is 10.6 Å². The van der Waals surface area contributed by atoms with Crippen molar-refractivity contribution in [1.82, 2.24) is 25.3 Å². The van der Waals surface area contributed by atoms with E-state index in [9.17, 15) is 4.79 Å². The van der Waals surface area contributed by atoms with Crippen LogP contribution in [0.2, 0.25) is 0 Å². The van der Waals surface area contributed by atoms with Crippen LogP contribution in [0.4, 0.5) is 5.82 Å². The van der Waals surface area contributed by atoms with Gasteiger partial charge in [0.05, 0.1) is 0 Å². The van der Waals surface area contributed by atoms with E-state index in [1.54, 1.807) is 6.20 Å². The molecule has 1 aliphatic rings. The Labute approximate surface area is 164 Å². The van der Waals surface area contributed by atoms with Crippen molar-refractivity contribution in [3.8, 4) is 11.4 Å². The van der Waals surface area contributed by atoms with Gasteiger partial charge in [0.1, 0.15) is 11.5 Å². The molecule has 3 aromatic rings. The van der Waals surface area contributed by atoms with Gasteiger partial charge >= 0.3 is 0 Å². The third kappa shape index (κ3) is 3.69. The number of H-pyrrole nitrogens is 1. The average Bonchev–Trinajstić information content (AvgIpc) is 3.15. The van der Waals surface area contributed by atoms with Gasteiger partial charge in [0.15, 0.2) is 5.82 Å². The SMILES string of the molecule is CCC(=O)NC1CCCCC1Nc1nc(-c2c[nH]c3ncccc23)ncc1C. The quantitative estimate of drug-likeness (QED) is 0.631. The monoisotopic (exact) mass is 378 g/mol. The number of nitrogens with one attached hydrogen (secondary N) is 3. The van der Waals surface area contributed by atoms with E-state index in [2.05, 4.69) is 25.6 Å². The van der Waals surface area contributed by atoms with Crippen molar-refractivity contribution < 1.29 is 4.79 Å². The molecule has 7 heteroatoms. The first kappa shape index (κ1) is 18.4. The molecular formula is C21H26N6O. The van der Waals surface area contributed by atoms with Gasteiger partial charge in [-0.1, -0.05) is 19.8 Å². The lowest BCUT2D eigenvalue weighted by Gasteiger charge is -2.33. The van der Waals surface area contributed by atoms with Crippen LogP contribution in [-0.4, -0.2) is 37.9 Å². The van der Waals surface area contributed by atoms with Crippen molar-refractivity contribution >= 4 is 22.8 Å². The fourth-order valence-electron chi connectivity index (χ4n) is 3.82. The summed E-state index contributed by atoms with van der Waals surface area (Å²) >= 11 is 0. The minimum atomic E-state index is 0.102. The van der Waals surface area contributed by atoms with Crippen LogP contribution in [0.15, 0.2) is 30.7 Å². The fourth-order valence-corrected chi connectivity index (χ4v) is 3.82. The molecular weight excluding hydrogens is 352 g/mol. The number of nitrogens with zero attached hydrogens (tertiary/aromatic N) is 3. The van der Waals surface area contributed by atoms with Gasteiger partial charge in [-0.3, -0.25) is 4.79 Å². The van der Waals surface area contributed by atoms with Gasteiger partial charge in [0.25, 0.3) is 0 Å². The summed E-state index contributed by atoms with van der Waals surface area (Å²) in [7, 11) is 0. The van der Waals surface area contributed by atoms with Crippen LogP contribution in [0.3, 0.4) is 0 Å². The molecule has 2 atom stereocenters. The lowest BCUT2D eigenvalue weighted by molar-refractivity contribution is -0.121. The lowest BCUT2D eigenvalue weighted by atomic mass is 9.90. The van der Waals surface area contributed by atoms with E-state index in [1.165, 1.54) is 0 Å². The van der Waals surface area contributed by atoms with Gasteiger partial charge in [-0.05, 0) is 31.9 Å². The number of anilines is 1. The molecule has 3 aromatic heterocycles. The van der Waals surface area contributed by atoms with Crippen LogP contribution in [-0.2, 0) is 4.79 Å². The van der Waals surface area contributed by atoms with Gasteiger partial charge in [0, 0.05) is 53.6 Å². The number of hydrogen-bond acceptors (Lipinski definition) is 5. The average molecular weight is 378 g/mol. The Morgan fingerprint density at radius 2 is 2.07 bits per heavy atom. The largest absolute Gasteiger partial charge is 0.365 e. The number of hydrogen-bond donors (Lipinski definition) is 3. The number of aromatic amines is 1. The highest BCUT2D eigenvalue weighted by Crippen LogP contribution is 2.28. The second-order valence-corrected chi connectivity index (χ2v) is 7.39. The number of amides is 1. The van der Waals surface area contributed by atoms with Crippen LogP contribution >= 0.6 is 0 Å². The Kier molecular flexibility index (Phi) is 5.23. The van der Waals surface area contributed by atoms with E-state index >= 15 is 0 Å². The molecule has 0 aromatic carbocycles. The minimum absolute atomic E-state index is 0.102. The first-order valence-corrected chi connectivity index (χ1v) is 9.97. The first-order chi connectivity index (χ1) is 13.7. The summed E-state index contributed by atoms with van der Waals surface area (Å²) in [6.45, 7) is 3.89. The van der Waals surface area contributed by atoms with Crippen molar-refractivity contribution in [3.63, 3.8) is 0 Å². The molecule has 1 saturated carbocycles. The number of fused-ring (bicyclic) bond motifs is 1. The molecule has 146 valence electrons. The summed E-state index contributed by atoms with van der Waals surface area (Å²) in [4.78, 5) is 28.8. The number of pyridine rings is 1. The molecule has 3 heterocycles. The molecule has 0 aliphatic heterocycles. The molecule has 1 aliphatic carbocycles. The topological polar surface area (TPSA) is 95.6 Å². The predicted octanol–water partition coefficient (Wildman–Crippen LogP) is 3.58. The van der Waals surface area contributed by atoms with E-state index < -0.39 is 0 Å². The van der Waals surface area contributed by atoms with Crippen molar-refractivity contribution in [2.45, 2.75) is 58.0 Å². The summed E-state index contributed by atoms with van der Waals surface area (Å²) < 4.78 is 0. The summed E-state index contributed by atoms with van der Waals surface area (Å²) in [6, 6.07) is 4.24. The van der Waals surface area contributed by atoms with Gasteiger partial charge < -0.3 is 15.6 Å². The summed E-state index contributed by atoms with van der Waals surface area (Å²) in [5.41, 5.74) is 2.75. The number of rotatable bonds is 5. The fraction of sp³-hybridized carbons (Fsp3) is 0.429. The Bertz CT molecular complexity index is 982. The van der Waals surface area contributed by atoms with Crippen LogP contribution in [0.5, 0.6) is 0 Å². The number of aryl methyl sites for hydroxylation is 1. The molecule has 0 spiro atoms. The second-order valence-electron chi connectivity index (χ2n) is 7.39. The molecule has 0 saturated heterocycles. The van der Waals surface area contributed by atoms with E-state index in [0.29, 0.717) is 12.2 Å². The molecule has 3 N–H and O–H groups in total. The highest BCUT2D eigenvalue weighted by molar-refractivity contribution is 5.91. The van der Waals surface area contributed by atoms with Crippen molar-refractivity contribution in [3.05, 3.63) is 36.3 Å². The Morgan fingerprint density at radius 1 is 1.25 bits per heavy atom. The summed E-state index contributed by atoms with van der Waals surface area (Å²) in [6.07, 6.45) is 10.3. The first-order valence-electron chi connectivity index (χ1n) is 9.97. The molecule has 1 amide bonds. The zero-order chi connectivity index (χ0) is 19.5. The van der Waals surface area contributed by atoms with Crippen LogP contribution in [0.25, 0.3) is 22.4 Å². The molecule has 2 unspecified atom stereocenters. The van der Waals surface area contributed by atoms with Crippen LogP contribution in [0.1, 0.15) is 44.6 Å². The normalized spacial score (nSPS) is 19.5. The Balaban J connectivity index is 1.61. The Morgan fingerprint density at radius 3 is 2.89 bits per heavy atom. The molecule has 7 nitrogen and oxygen atoms in total. The molecule has 28 heavy (non-hydrogen) atoms. The molecule has 1 fully saturated rings. The zero-order valence-corrected chi connectivity index (χ0v) is 16.3. The van der Waals surface area contributed by atoms with E-state index in [-0.39, 0.29) is 18.0 Å². The second kappa shape index (κ2) is 7.96. The van der Waals surface area contributed by atoms with Crippen molar-refractivity contribution in [2.24, 2.45) is 0 Å². The van der Waals surface area contributed by atoms with E-state index in [0.717, 1.165) is 53.7 Å². The standard InChI is InChI=1S/C21H26N6O/c1-3-18(28)25-16-8-4-5-9-17(16)26-19-13(2)11-23-21(27-19)15-12-24-20-14(15)7-6-10-22-20/h6-7,10-12,16-17H,3-5,8-9H2,1-2H3,(H,22,24)(H,25,28)(H,23,26,27). The smallest absolute Gasteiger partial charge is 0.220 e. The third-order valence-electron chi connectivity index (χ3n) is 5.42. The number of carbonyl (C=O) groups is 1. The van der Waals surface area contributed by atoms with E-state index in [4.69, 9.17) is 4.98 Å². The third-order valence-corrected chi connectivity index (χ3v) is 5.42. The highest BCUT2D eigenvalue weighted by atomic mass is 16.1. The van der Waals surface area contributed by atoms with Crippen molar-refractivity contribution in [2.75, 3.05) is 5.32 Å². The maximum atomic E-state index is 11.9. The van der Waals surface area contributed by atoms with E-state index in [1.807, 2.05) is 38.4 Å². The van der Waals surface area contributed by atoms with Crippen molar-refractivity contribution in [1.29, 1.82) is 0 Å². The van der Waals surface area contributed by atoms with Gasteiger partial charge in [-0.25, -0.2) is 15.0 Å². The van der Waals surface area contributed by atoms with Crippen LogP contribution in [0, 0.1) is 6.92 Å². The van der Waals surface area contributed by atoms with Gasteiger partial charge in [-0.2, -0.15) is 0 Å².